The van der Waals surface area contributed by atoms with E-state index in [1.807, 2.05) is 16.7 Å². The van der Waals surface area contributed by atoms with Crippen LogP contribution in [0.3, 0.4) is 0 Å². The number of hydrogen-bond acceptors (Lipinski definition) is 9. The van der Waals surface area contributed by atoms with E-state index < -0.39 is 5.82 Å². The number of thiazole rings is 1. The number of imidazole rings is 1. The molecule has 5 aromatic rings. The van der Waals surface area contributed by atoms with Gasteiger partial charge in [0.1, 0.15) is 22.2 Å². The molecule has 13 heteroatoms. The summed E-state index contributed by atoms with van der Waals surface area (Å²) in [6.07, 6.45) is 10.7. The van der Waals surface area contributed by atoms with Crippen LogP contribution in [0.4, 0.5) is 4.39 Å². The molecule has 0 saturated heterocycles. The van der Waals surface area contributed by atoms with Crippen LogP contribution >= 0.6 is 11.3 Å². The summed E-state index contributed by atoms with van der Waals surface area (Å²) in [5, 5.41) is 20.7. The minimum Gasteiger partial charge on any atom is -0.347 e. The third-order valence-electron chi connectivity index (χ3n) is 6.31. The average Bonchev–Trinajstić information content (AvgIpc) is 3.68. The molecular formula is C24H19FN10OS. The maximum Gasteiger partial charge on any atom is 0.280 e. The fourth-order valence-corrected chi connectivity index (χ4v) is 5.34. The number of pyridine rings is 2. The molecule has 2 atom stereocenters. The molecule has 0 unspecified atom stereocenters. The van der Waals surface area contributed by atoms with Crippen LogP contribution in [0.2, 0.25) is 0 Å². The van der Waals surface area contributed by atoms with E-state index in [9.17, 15) is 9.18 Å². The summed E-state index contributed by atoms with van der Waals surface area (Å²) in [6, 6.07) is 6.51. The lowest BCUT2D eigenvalue weighted by molar-refractivity contribution is 0.0920. The van der Waals surface area contributed by atoms with Gasteiger partial charge in [0.05, 0.1) is 30.3 Å². The number of halogens is 1. The molecule has 11 nitrogen and oxygen atoms in total. The van der Waals surface area contributed by atoms with Crippen molar-refractivity contribution in [2.75, 3.05) is 0 Å². The van der Waals surface area contributed by atoms with Gasteiger partial charge in [-0.15, -0.1) is 4.80 Å². The van der Waals surface area contributed by atoms with Crippen LogP contribution in [0.15, 0.2) is 49.2 Å². The summed E-state index contributed by atoms with van der Waals surface area (Å²) in [5.41, 5.74) is 1.49. The molecule has 1 fully saturated rings. The lowest BCUT2D eigenvalue weighted by Gasteiger charge is -2.31. The van der Waals surface area contributed by atoms with Gasteiger partial charge in [0.15, 0.2) is 22.5 Å². The van der Waals surface area contributed by atoms with Gasteiger partial charge in [-0.25, -0.2) is 24.3 Å². The van der Waals surface area contributed by atoms with E-state index in [0.29, 0.717) is 28.5 Å². The summed E-state index contributed by atoms with van der Waals surface area (Å²) in [4.78, 5) is 32.0. The van der Waals surface area contributed by atoms with Crippen LogP contribution in [0.5, 0.6) is 0 Å². The molecule has 6 rings (SSSR count). The number of fused-ring (bicyclic) bond motifs is 1. The zero-order valence-electron chi connectivity index (χ0n) is 19.3. The van der Waals surface area contributed by atoms with Crippen molar-refractivity contribution < 1.29 is 9.18 Å². The summed E-state index contributed by atoms with van der Waals surface area (Å²) in [7, 11) is 0. The number of rotatable bonds is 5. The van der Waals surface area contributed by atoms with E-state index in [-0.39, 0.29) is 28.7 Å². The summed E-state index contributed by atoms with van der Waals surface area (Å²) in [6.45, 7) is 0. The molecule has 184 valence electrons. The first-order chi connectivity index (χ1) is 18.1. The first kappa shape index (κ1) is 22.9. The predicted molar refractivity (Wildman–Crippen MR) is 131 cm³/mol. The minimum absolute atomic E-state index is 0.0905. The number of hydrogen-bond donors (Lipinski definition) is 1. The van der Waals surface area contributed by atoms with Crippen LogP contribution in [0.25, 0.3) is 28.4 Å². The molecule has 5 aromatic heterocycles. The van der Waals surface area contributed by atoms with Crippen LogP contribution in [0.1, 0.15) is 46.4 Å². The molecule has 1 N–H and O–H groups in total. The normalized spacial score (nSPS) is 17.5. The van der Waals surface area contributed by atoms with Gasteiger partial charge in [-0.2, -0.15) is 15.5 Å². The van der Waals surface area contributed by atoms with Gasteiger partial charge in [0.2, 0.25) is 0 Å². The van der Waals surface area contributed by atoms with Gasteiger partial charge >= 0.3 is 0 Å². The first-order valence-electron chi connectivity index (χ1n) is 11.6. The van der Waals surface area contributed by atoms with Crippen molar-refractivity contribution in [2.45, 2.75) is 37.8 Å². The number of nitriles is 1. The largest absolute Gasteiger partial charge is 0.347 e. The number of nitrogens with one attached hydrogen (secondary N) is 1. The average molecular weight is 515 g/mol. The van der Waals surface area contributed by atoms with E-state index in [0.717, 1.165) is 36.1 Å². The van der Waals surface area contributed by atoms with Crippen molar-refractivity contribution in [3.05, 3.63) is 64.9 Å². The van der Waals surface area contributed by atoms with Gasteiger partial charge in [-0.1, -0.05) is 11.3 Å². The third kappa shape index (κ3) is 4.31. The Kier molecular flexibility index (Phi) is 5.85. The van der Waals surface area contributed by atoms with Crippen molar-refractivity contribution in [1.82, 2.24) is 44.8 Å². The predicted octanol–water partition coefficient (Wildman–Crippen LogP) is 3.45. The molecule has 5 heterocycles. The van der Waals surface area contributed by atoms with Gasteiger partial charge < -0.3 is 9.88 Å². The fourth-order valence-electron chi connectivity index (χ4n) is 4.73. The van der Waals surface area contributed by atoms with Crippen LogP contribution in [-0.4, -0.2) is 51.4 Å². The monoisotopic (exact) mass is 514 g/mol. The Hall–Kier alpha value is -4.57. The van der Waals surface area contributed by atoms with E-state index in [1.165, 1.54) is 29.3 Å². The summed E-state index contributed by atoms with van der Waals surface area (Å²) >= 11 is 1.06. The lowest BCUT2D eigenvalue weighted by Crippen LogP contribution is -2.39. The Balaban J connectivity index is 1.38. The van der Waals surface area contributed by atoms with E-state index >= 15 is 0 Å². The molecule has 0 radical (unpaired) electrons. The molecule has 0 aliphatic heterocycles. The zero-order valence-corrected chi connectivity index (χ0v) is 20.1. The quantitative estimate of drug-likeness (QED) is 0.376. The molecule has 0 aromatic carbocycles. The molecular weight excluding hydrogens is 495 g/mol. The standard InChI is InChI=1S/C24H19FN10OS/c25-17-5-2-6-27-21(17)22-33-18-13-28-20(35-30-7-8-31-35)10-19(18)34(22)15-4-1-3-14(9-15)32-23(36)24-29-12-16(11-26)37-24/h2,5-8,10,12-15H,1,3-4,9H2,(H,32,36)/t14-,15+/m0/s1. The number of carbonyl (C=O) groups excluding carboxylic acids is 1. The van der Waals surface area contributed by atoms with Gasteiger partial charge in [0, 0.05) is 24.3 Å². The maximum absolute atomic E-state index is 14.9. The number of amides is 1. The van der Waals surface area contributed by atoms with Crippen molar-refractivity contribution in [3.63, 3.8) is 0 Å². The van der Waals surface area contributed by atoms with Crippen molar-refractivity contribution >= 4 is 28.3 Å². The zero-order chi connectivity index (χ0) is 25.4. The summed E-state index contributed by atoms with van der Waals surface area (Å²) < 4.78 is 16.9. The molecule has 0 spiro atoms. The highest BCUT2D eigenvalue weighted by Crippen LogP contribution is 2.36. The van der Waals surface area contributed by atoms with Crippen molar-refractivity contribution in [2.24, 2.45) is 0 Å². The molecule has 1 aliphatic carbocycles. The number of nitrogens with zero attached hydrogens (tertiary/aromatic N) is 9. The number of aromatic nitrogens is 8. The summed E-state index contributed by atoms with van der Waals surface area (Å²) in [5.74, 6) is 0.124. The van der Waals surface area contributed by atoms with Gasteiger partial charge in [0.25, 0.3) is 5.91 Å². The molecule has 1 amide bonds. The Morgan fingerprint density at radius 1 is 1.16 bits per heavy atom. The fraction of sp³-hybridized carbons (Fsp3) is 0.250. The first-order valence-corrected chi connectivity index (χ1v) is 12.4. The Morgan fingerprint density at radius 2 is 2.03 bits per heavy atom. The Labute approximate surface area is 213 Å². The van der Waals surface area contributed by atoms with Crippen molar-refractivity contribution in [3.8, 4) is 23.4 Å². The van der Waals surface area contributed by atoms with Crippen LogP contribution in [0, 0.1) is 17.1 Å². The van der Waals surface area contributed by atoms with Crippen LogP contribution in [-0.2, 0) is 0 Å². The van der Waals surface area contributed by atoms with E-state index in [1.54, 1.807) is 18.6 Å². The topological polar surface area (TPSA) is 140 Å². The van der Waals surface area contributed by atoms with E-state index in [4.69, 9.17) is 10.2 Å². The lowest BCUT2D eigenvalue weighted by atomic mass is 9.90. The highest BCUT2D eigenvalue weighted by Gasteiger charge is 2.30. The highest BCUT2D eigenvalue weighted by atomic mass is 32.1. The second kappa shape index (κ2) is 9.47. The SMILES string of the molecule is N#Cc1cnc(C(=O)N[C@H]2CCC[C@@H](n3c(-c4ncccc4F)nc4cnc(-n5nccn5)cc43)C2)s1. The van der Waals surface area contributed by atoms with Crippen LogP contribution < -0.4 is 5.32 Å². The molecule has 0 bridgehead atoms. The van der Waals surface area contributed by atoms with Gasteiger partial charge in [-0.05, 0) is 37.8 Å². The van der Waals surface area contributed by atoms with Gasteiger partial charge in [-0.3, -0.25) is 4.79 Å². The Bertz CT molecular complexity index is 1640. The smallest absolute Gasteiger partial charge is 0.280 e. The second-order valence-electron chi connectivity index (χ2n) is 8.62. The second-order valence-corrected chi connectivity index (χ2v) is 9.65. The maximum atomic E-state index is 14.9. The third-order valence-corrected chi connectivity index (χ3v) is 7.21. The highest BCUT2D eigenvalue weighted by molar-refractivity contribution is 7.14. The van der Waals surface area contributed by atoms with Crippen molar-refractivity contribution in [1.29, 1.82) is 5.26 Å². The minimum atomic E-state index is -0.473. The Morgan fingerprint density at radius 3 is 2.81 bits per heavy atom. The van der Waals surface area contributed by atoms with E-state index in [2.05, 4.69) is 30.5 Å². The molecule has 37 heavy (non-hydrogen) atoms. The molecule has 1 saturated carbocycles. The molecule has 1 aliphatic rings. The number of carbonyl (C=O) groups is 1.